The normalized spacial score (nSPS) is 28.7. The van der Waals surface area contributed by atoms with Crippen molar-refractivity contribution < 1.29 is 5.11 Å². The summed E-state index contributed by atoms with van der Waals surface area (Å²) in [7, 11) is 0. The Hall–Kier alpha value is -0.380. The molecule has 0 aromatic heterocycles. The predicted molar refractivity (Wildman–Crippen MR) is 45.0 cm³/mol. The maximum absolute atomic E-state index is 9.30. The van der Waals surface area contributed by atoms with Crippen molar-refractivity contribution in [2.75, 3.05) is 13.1 Å². The van der Waals surface area contributed by atoms with Crippen molar-refractivity contribution in [2.24, 2.45) is 0 Å². The van der Waals surface area contributed by atoms with Gasteiger partial charge in [0.2, 0.25) is 0 Å². The highest BCUT2D eigenvalue weighted by Gasteiger charge is 2.25. The van der Waals surface area contributed by atoms with Crippen LogP contribution in [0, 0.1) is 0 Å². The second kappa shape index (κ2) is 3.85. The summed E-state index contributed by atoms with van der Waals surface area (Å²) in [6, 6.07) is 0. The molecule has 1 rings (SSSR count). The van der Waals surface area contributed by atoms with Crippen molar-refractivity contribution in [3.63, 3.8) is 0 Å². The third-order valence-corrected chi connectivity index (χ3v) is 2.02. The van der Waals surface area contributed by atoms with Gasteiger partial charge in [0.1, 0.15) is 6.23 Å². The Morgan fingerprint density at radius 3 is 3.18 bits per heavy atom. The molecule has 1 saturated heterocycles. The van der Waals surface area contributed by atoms with Gasteiger partial charge in [0.25, 0.3) is 0 Å². The molecule has 1 heterocycles. The van der Waals surface area contributed by atoms with Gasteiger partial charge in [0, 0.05) is 13.1 Å². The van der Waals surface area contributed by atoms with E-state index in [2.05, 4.69) is 11.9 Å². The topological polar surface area (TPSA) is 35.5 Å². The molecule has 3 nitrogen and oxygen atoms in total. The van der Waals surface area contributed by atoms with Gasteiger partial charge in [0.15, 0.2) is 0 Å². The highest BCUT2D eigenvalue weighted by molar-refractivity contribution is 4.84. The van der Waals surface area contributed by atoms with E-state index in [1.165, 1.54) is 0 Å². The summed E-state index contributed by atoms with van der Waals surface area (Å²) in [5, 5.41) is 12.6. The van der Waals surface area contributed by atoms with Gasteiger partial charge in [-0.2, -0.15) is 0 Å². The Balaban J connectivity index is 2.43. The summed E-state index contributed by atoms with van der Waals surface area (Å²) in [5.41, 5.74) is 0. The highest BCUT2D eigenvalue weighted by Crippen LogP contribution is 2.09. The van der Waals surface area contributed by atoms with Crippen LogP contribution in [0.1, 0.15) is 13.3 Å². The zero-order valence-corrected chi connectivity index (χ0v) is 6.95. The van der Waals surface area contributed by atoms with Gasteiger partial charge in [-0.15, -0.1) is 6.58 Å². The predicted octanol–water partition coefficient (Wildman–Crippen LogP) is 0.132. The van der Waals surface area contributed by atoms with Crippen molar-refractivity contribution in [3.8, 4) is 0 Å². The molecule has 1 fully saturated rings. The third-order valence-electron chi connectivity index (χ3n) is 2.02. The summed E-state index contributed by atoms with van der Waals surface area (Å²) in [6.07, 6.45) is 2.70. The fourth-order valence-corrected chi connectivity index (χ4v) is 1.46. The minimum Gasteiger partial charge on any atom is -0.379 e. The van der Waals surface area contributed by atoms with Crippen LogP contribution in [0.15, 0.2) is 12.7 Å². The largest absolute Gasteiger partial charge is 0.379 e. The average Bonchev–Trinajstić information content (AvgIpc) is 2.36. The molecule has 0 aliphatic carbocycles. The maximum Gasteiger partial charge on any atom is 0.105 e. The summed E-state index contributed by atoms with van der Waals surface area (Å²) < 4.78 is 0. The van der Waals surface area contributed by atoms with Crippen LogP contribution in [0.4, 0.5) is 0 Å². The molecular weight excluding hydrogens is 140 g/mol. The van der Waals surface area contributed by atoms with Crippen LogP contribution in [-0.4, -0.2) is 35.5 Å². The van der Waals surface area contributed by atoms with Crippen LogP contribution in [0.2, 0.25) is 0 Å². The van der Waals surface area contributed by atoms with Gasteiger partial charge < -0.3 is 10.4 Å². The van der Waals surface area contributed by atoms with Crippen LogP contribution in [0.5, 0.6) is 0 Å². The van der Waals surface area contributed by atoms with E-state index in [4.69, 9.17) is 0 Å². The van der Waals surface area contributed by atoms with Crippen molar-refractivity contribution in [2.45, 2.75) is 25.7 Å². The standard InChI is InChI=1S/C8H16N2O/c1-3-4-8-9-5-6-10(8)7(2)11/h3,7-9,11H,1,4-6H2,2H3. The molecule has 2 atom stereocenters. The van der Waals surface area contributed by atoms with E-state index in [1.54, 1.807) is 6.92 Å². The minimum absolute atomic E-state index is 0.285. The molecule has 11 heavy (non-hydrogen) atoms. The van der Waals surface area contributed by atoms with Crippen LogP contribution < -0.4 is 5.32 Å². The first-order chi connectivity index (χ1) is 5.25. The van der Waals surface area contributed by atoms with Gasteiger partial charge in [0.05, 0.1) is 6.17 Å². The lowest BCUT2D eigenvalue weighted by molar-refractivity contribution is 0.00768. The minimum atomic E-state index is -0.352. The lowest BCUT2D eigenvalue weighted by Gasteiger charge is -2.25. The SMILES string of the molecule is C=CCC1NCCN1C(C)O. The monoisotopic (exact) mass is 156 g/mol. The molecule has 1 aliphatic heterocycles. The van der Waals surface area contributed by atoms with E-state index in [0.29, 0.717) is 0 Å². The molecule has 64 valence electrons. The zero-order chi connectivity index (χ0) is 8.27. The first kappa shape index (κ1) is 8.71. The summed E-state index contributed by atoms with van der Waals surface area (Å²) in [4.78, 5) is 2.03. The number of nitrogens with one attached hydrogen (secondary N) is 1. The Bertz CT molecular complexity index is 136. The Morgan fingerprint density at radius 1 is 1.91 bits per heavy atom. The number of aliphatic hydroxyl groups is 1. The fraction of sp³-hybridized carbons (Fsp3) is 0.750. The second-order valence-electron chi connectivity index (χ2n) is 2.86. The van der Waals surface area contributed by atoms with Gasteiger partial charge in [-0.3, -0.25) is 4.90 Å². The molecule has 0 aromatic rings. The molecule has 3 heteroatoms. The number of aliphatic hydroxyl groups excluding tert-OH is 1. The molecule has 2 N–H and O–H groups in total. The van der Waals surface area contributed by atoms with Crippen molar-refractivity contribution >= 4 is 0 Å². The van der Waals surface area contributed by atoms with E-state index in [0.717, 1.165) is 19.5 Å². The number of nitrogens with zero attached hydrogens (tertiary/aromatic N) is 1. The summed E-state index contributed by atoms with van der Waals surface area (Å²) >= 11 is 0. The summed E-state index contributed by atoms with van der Waals surface area (Å²) in [5.74, 6) is 0. The smallest absolute Gasteiger partial charge is 0.105 e. The number of hydrogen-bond donors (Lipinski definition) is 2. The Morgan fingerprint density at radius 2 is 2.64 bits per heavy atom. The lowest BCUT2D eigenvalue weighted by Crippen LogP contribution is -2.40. The van der Waals surface area contributed by atoms with E-state index < -0.39 is 0 Å². The molecule has 0 radical (unpaired) electrons. The quantitative estimate of drug-likeness (QED) is 0.570. The molecule has 0 spiro atoms. The van der Waals surface area contributed by atoms with Gasteiger partial charge in [-0.05, 0) is 13.3 Å². The molecule has 2 unspecified atom stereocenters. The van der Waals surface area contributed by atoms with Crippen LogP contribution in [-0.2, 0) is 0 Å². The summed E-state index contributed by atoms with van der Waals surface area (Å²) in [6.45, 7) is 7.35. The van der Waals surface area contributed by atoms with Crippen LogP contribution in [0.3, 0.4) is 0 Å². The molecular formula is C8H16N2O. The molecule has 0 bridgehead atoms. The number of rotatable bonds is 3. The van der Waals surface area contributed by atoms with Crippen LogP contribution >= 0.6 is 0 Å². The average molecular weight is 156 g/mol. The van der Waals surface area contributed by atoms with E-state index in [-0.39, 0.29) is 12.4 Å². The zero-order valence-electron chi connectivity index (χ0n) is 6.95. The lowest BCUT2D eigenvalue weighted by atomic mass is 10.3. The molecule has 0 saturated carbocycles. The third kappa shape index (κ3) is 2.02. The maximum atomic E-state index is 9.30. The highest BCUT2D eigenvalue weighted by atomic mass is 16.3. The molecule has 0 aromatic carbocycles. The second-order valence-corrected chi connectivity index (χ2v) is 2.86. The van der Waals surface area contributed by atoms with Gasteiger partial charge >= 0.3 is 0 Å². The van der Waals surface area contributed by atoms with Crippen molar-refractivity contribution in [1.29, 1.82) is 0 Å². The van der Waals surface area contributed by atoms with Crippen molar-refractivity contribution in [3.05, 3.63) is 12.7 Å². The number of hydrogen-bond acceptors (Lipinski definition) is 3. The molecule has 0 amide bonds. The van der Waals surface area contributed by atoms with E-state index in [9.17, 15) is 5.11 Å². The Kier molecular flexibility index (Phi) is 3.05. The first-order valence-corrected chi connectivity index (χ1v) is 4.04. The first-order valence-electron chi connectivity index (χ1n) is 4.04. The van der Waals surface area contributed by atoms with Gasteiger partial charge in [-0.1, -0.05) is 6.08 Å². The van der Waals surface area contributed by atoms with E-state index >= 15 is 0 Å². The van der Waals surface area contributed by atoms with Crippen molar-refractivity contribution in [1.82, 2.24) is 10.2 Å². The van der Waals surface area contributed by atoms with Gasteiger partial charge in [-0.25, -0.2) is 0 Å². The van der Waals surface area contributed by atoms with E-state index in [1.807, 2.05) is 11.0 Å². The van der Waals surface area contributed by atoms with Crippen LogP contribution in [0.25, 0.3) is 0 Å². The Labute approximate surface area is 67.7 Å². The molecule has 1 aliphatic rings. The fourth-order valence-electron chi connectivity index (χ4n) is 1.46.